The summed E-state index contributed by atoms with van der Waals surface area (Å²) in [5, 5.41) is 10.7. The Kier molecular flexibility index (Phi) is 8.02. The molecule has 204 valence electrons. The predicted molar refractivity (Wildman–Crippen MR) is 157 cm³/mol. The molecule has 2 heterocycles. The van der Waals surface area contributed by atoms with Crippen LogP contribution < -0.4 is 14.2 Å². The number of aryl methyl sites for hydroxylation is 1. The Balaban J connectivity index is 1.63. The van der Waals surface area contributed by atoms with Crippen molar-refractivity contribution in [1.29, 1.82) is 0 Å². The summed E-state index contributed by atoms with van der Waals surface area (Å²) in [5.74, 6) is 2.47. The van der Waals surface area contributed by atoms with E-state index in [1.54, 1.807) is 46.5 Å². The van der Waals surface area contributed by atoms with E-state index in [0.29, 0.717) is 57.3 Å². The van der Waals surface area contributed by atoms with Crippen LogP contribution in [0.1, 0.15) is 11.1 Å². The van der Waals surface area contributed by atoms with E-state index < -0.39 is 0 Å². The first-order valence-electron chi connectivity index (χ1n) is 12.6. The fourth-order valence-corrected chi connectivity index (χ4v) is 5.51. The van der Waals surface area contributed by atoms with Crippen LogP contribution in [0, 0.1) is 12.7 Å². The van der Waals surface area contributed by atoms with E-state index in [0.717, 1.165) is 22.0 Å². The normalized spacial score (nSPS) is 11.0. The van der Waals surface area contributed by atoms with Crippen molar-refractivity contribution in [3.63, 3.8) is 0 Å². The lowest BCUT2D eigenvalue weighted by Gasteiger charge is -2.15. The highest BCUT2D eigenvalue weighted by molar-refractivity contribution is 7.98. The van der Waals surface area contributed by atoms with Gasteiger partial charge >= 0.3 is 0 Å². The monoisotopic (exact) mass is 556 g/mol. The lowest BCUT2D eigenvalue weighted by molar-refractivity contribution is 0.324. The third kappa shape index (κ3) is 5.12. The fraction of sp³-hybridized carbons (Fsp3) is 0.194. The van der Waals surface area contributed by atoms with Gasteiger partial charge in [0.05, 0.1) is 32.5 Å². The third-order valence-electron chi connectivity index (χ3n) is 6.57. The van der Waals surface area contributed by atoms with Gasteiger partial charge < -0.3 is 14.2 Å². The van der Waals surface area contributed by atoms with Gasteiger partial charge in [0, 0.05) is 28.8 Å². The molecule has 0 aliphatic carbocycles. The second-order valence-corrected chi connectivity index (χ2v) is 9.97. The van der Waals surface area contributed by atoms with Crippen LogP contribution in [0.5, 0.6) is 17.2 Å². The summed E-state index contributed by atoms with van der Waals surface area (Å²) < 4.78 is 33.3. The number of thioether (sulfide) groups is 1. The maximum atomic E-state index is 14.7. The summed E-state index contributed by atoms with van der Waals surface area (Å²) in [5.41, 5.74) is 4.40. The van der Waals surface area contributed by atoms with Crippen LogP contribution in [0.2, 0.25) is 0 Å². The first kappa shape index (κ1) is 27.2. The molecule has 0 saturated carbocycles. The maximum absolute atomic E-state index is 14.7. The van der Waals surface area contributed by atoms with Gasteiger partial charge in [-0.2, -0.15) is 0 Å². The molecule has 2 aromatic heterocycles. The van der Waals surface area contributed by atoms with Crippen molar-refractivity contribution in [3.8, 4) is 39.9 Å². The van der Waals surface area contributed by atoms with Crippen LogP contribution >= 0.6 is 11.8 Å². The highest BCUT2D eigenvalue weighted by atomic mass is 32.2. The van der Waals surface area contributed by atoms with Crippen molar-refractivity contribution in [2.45, 2.75) is 24.4 Å². The number of fused-ring (bicyclic) bond motifs is 1. The Hall–Kier alpha value is -4.37. The van der Waals surface area contributed by atoms with E-state index in [1.807, 2.05) is 53.1 Å². The first-order chi connectivity index (χ1) is 19.5. The number of hydrogen-bond donors (Lipinski definition) is 0. The summed E-state index contributed by atoms with van der Waals surface area (Å²) in [7, 11) is 4.74. The van der Waals surface area contributed by atoms with Gasteiger partial charge in [0.2, 0.25) is 5.75 Å². The number of pyridine rings is 1. The molecule has 7 nitrogen and oxygen atoms in total. The van der Waals surface area contributed by atoms with Crippen molar-refractivity contribution < 1.29 is 18.6 Å². The van der Waals surface area contributed by atoms with Crippen molar-refractivity contribution in [1.82, 2.24) is 19.7 Å². The van der Waals surface area contributed by atoms with Gasteiger partial charge in [-0.05, 0) is 42.3 Å². The molecule has 40 heavy (non-hydrogen) atoms. The van der Waals surface area contributed by atoms with Crippen LogP contribution in [-0.4, -0.2) is 41.1 Å². The molecule has 0 spiro atoms. The van der Waals surface area contributed by atoms with Crippen molar-refractivity contribution in [2.75, 3.05) is 21.3 Å². The molecule has 0 N–H and O–H groups in total. The molecule has 0 radical (unpaired) electrons. The number of para-hydroxylation sites is 1. The fourth-order valence-electron chi connectivity index (χ4n) is 4.59. The molecule has 9 heteroatoms. The van der Waals surface area contributed by atoms with Crippen molar-refractivity contribution in [2.24, 2.45) is 0 Å². The molecule has 0 fully saturated rings. The van der Waals surface area contributed by atoms with Crippen LogP contribution in [0.3, 0.4) is 0 Å². The molecule has 0 aliphatic rings. The second-order valence-electron chi connectivity index (χ2n) is 9.03. The molecule has 5 rings (SSSR count). The van der Waals surface area contributed by atoms with E-state index in [9.17, 15) is 4.39 Å². The van der Waals surface area contributed by atoms with E-state index in [1.165, 1.54) is 11.8 Å². The minimum absolute atomic E-state index is 0.194. The lowest BCUT2D eigenvalue weighted by atomic mass is 10.0. The zero-order valence-corrected chi connectivity index (χ0v) is 23.6. The number of benzene rings is 3. The van der Waals surface area contributed by atoms with E-state index >= 15 is 0 Å². The molecule has 0 aliphatic heterocycles. The molecule has 0 saturated heterocycles. The average Bonchev–Trinajstić information content (AvgIpc) is 3.38. The lowest BCUT2D eigenvalue weighted by Crippen LogP contribution is -2.02. The van der Waals surface area contributed by atoms with E-state index in [4.69, 9.17) is 19.2 Å². The SMILES string of the molecule is C=CCn1c(SCc2cccc(C)c2F)nnc1-c1cc(-c2cc(OC)c(OC)c(OC)c2)nc2ccccc12. The van der Waals surface area contributed by atoms with E-state index in [2.05, 4.69) is 16.8 Å². The predicted octanol–water partition coefficient (Wildman–Crippen LogP) is 7.11. The van der Waals surface area contributed by atoms with Gasteiger partial charge in [0.15, 0.2) is 22.5 Å². The zero-order chi connectivity index (χ0) is 28.2. The van der Waals surface area contributed by atoms with Gasteiger partial charge in [-0.1, -0.05) is 54.2 Å². The number of methoxy groups -OCH3 is 3. The smallest absolute Gasteiger partial charge is 0.203 e. The molecule has 5 aromatic rings. The number of hydrogen-bond acceptors (Lipinski definition) is 7. The Morgan fingerprint density at radius 2 is 1.70 bits per heavy atom. The number of rotatable bonds is 10. The summed E-state index contributed by atoms with van der Waals surface area (Å²) in [4.78, 5) is 4.94. The summed E-state index contributed by atoms with van der Waals surface area (Å²) >= 11 is 1.44. The average molecular weight is 557 g/mol. The molecule has 0 bridgehead atoms. The molecular formula is C31H29FN4O3S. The van der Waals surface area contributed by atoms with Crippen molar-refractivity contribution >= 4 is 22.7 Å². The highest BCUT2D eigenvalue weighted by Crippen LogP contribution is 2.42. The van der Waals surface area contributed by atoms with Gasteiger partial charge in [0.25, 0.3) is 0 Å². The summed E-state index contributed by atoms with van der Waals surface area (Å²) in [6.07, 6.45) is 1.80. The standard InChI is InChI=1S/C31H29FN4O3S/c1-6-14-36-30(34-35-31(36)40-18-20-11-9-10-19(2)28(20)32)23-17-25(33-24-13-8-7-12-22(23)24)21-15-26(37-3)29(39-5)27(16-21)38-4/h6-13,15-17H,1,14,18H2,2-5H3. The number of halogens is 1. The Morgan fingerprint density at radius 3 is 2.40 bits per heavy atom. The number of aromatic nitrogens is 4. The minimum Gasteiger partial charge on any atom is -0.493 e. The zero-order valence-electron chi connectivity index (χ0n) is 22.8. The van der Waals surface area contributed by atoms with Crippen LogP contribution in [0.4, 0.5) is 4.39 Å². The van der Waals surface area contributed by atoms with E-state index in [-0.39, 0.29) is 5.82 Å². The van der Waals surface area contributed by atoms with Gasteiger partial charge in [0.1, 0.15) is 5.82 Å². The summed E-state index contributed by atoms with van der Waals surface area (Å²) in [6.45, 7) is 6.19. The minimum atomic E-state index is -0.194. The quantitative estimate of drug-likeness (QED) is 0.134. The molecule has 0 atom stereocenters. The third-order valence-corrected chi connectivity index (χ3v) is 7.59. The Morgan fingerprint density at radius 1 is 0.950 bits per heavy atom. The first-order valence-corrected chi connectivity index (χ1v) is 13.6. The molecule has 0 unspecified atom stereocenters. The van der Waals surface area contributed by atoms with Gasteiger partial charge in [-0.3, -0.25) is 4.57 Å². The number of allylic oxidation sites excluding steroid dienone is 1. The summed E-state index contributed by atoms with van der Waals surface area (Å²) in [6, 6.07) is 19.0. The largest absolute Gasteiger partial charge is 0.493 e. The Bertz CT molecular complexity index is 1680. The molecular weight excluding hydrogens is 527 g/mol. The topological polar surface area (TPSA) is 71.3 Å². The Labute approximate surface area is 236 Å². The van der Waals surface area contributed by atoms with Gasteiger partial charge in [-0.15, -0.1) is 16.8 Å². The van der Waals surface area contributed by atoms with Gasteiger partial charge in [-0.25, -0.2) is 9.37 Å². The number of nitrogens with zero attached hydrogens (tertiary/aromatic N) is 4. The van der Waals surface area contributed by atoms with Crippen LogP contribution in [0.15, 0.2) is 78.5 Å². The van der Waals surface area contributed by atoms with Crippen LogP contribution in [0.25, 0.3) is 33.5 Å². The second kappa shape index (κ2) is 11.8. The van der Waals surface area contributed by atoms with Crippen LogP contribution in [-0.2, 0) is 12.3 Å². The molecule has 0 amide bonds. The molecule has 3 aromatic carbocycles. The number of ether oxygens (including phenoxy) is 3. The maximum Gasteiger partial charge on any atom is 0.203 e. The van der Waals surface area contributed by atoms with Crippen molar-refractivity contribution in [3.05, 3.63) is 90.3 Å². The highest BCUT2D eigenvalue weighted by Gasteiger charge is 2.20.